The second kappa shape index (κ2) is 8.14. The molecule has 0 heterocycles. The van der Waals surface area contributed by atoms with Crippen molar-refractivity contribution in [1.29, 1.82) is 0 Å². The summed E-state index contributed by atoms with van der Waals surface area (Å²) in [6.07, 6.45) is 2.32. The summed E-state index contributed by atoms with van der Waals surface area (Å²) in [6, 6.07) is 15.5. The van der Waals surface area contributed by atoms with Gasteiger partial charge < -0.3 is 10.5 Å². The van der Waals surface area contributed by atoms with E-state index in [4.69, 9.17) is 15.3 Å². The normalized spacial score (nSPS) is 17.4. The predicted octanol–water partition coefficient (Wildman–Crippen LogP) is 2.86. The predicted molar refractivity (Wildman–Crippen MR) is 96.1 cm³/mol. The van der Waals surface area contributed by atoms with E-state index in [2.05, 4.69) is 5.48 Å². The molecule has 3 rings (SSSR count). The molecular weight excluding hydrogens is 316 g/mol. The van der Waals surface area contributed by atoms with Crippen LogP contribution >= 0.6 is 0 Å². The molecule has 1 amide bonds. The molecule has 132 valence electrons. The zero-order valence-corrected chi connectivity index (χ0v) is 14.4. The lowest BCUT2D eigenvalue weighted by Crippen LogP contribution is -2.34. The fourth-order valence-corrected chi connectivity index (χ4v) is 3.40. The summed E-state index contributed by atoms with van der Waals surface area (Å²) >= 11 is 0. The fraction of sp³-hybridized carbons (Fsp3) is 0.350. The highest BCUT2D eigenvalue weighted by Gasteiger charge is 2.29. The number of fused-ring (bicyclic) bond motifs is 1. The number of hydrogen-bond acceptors (Lipinski definition) is 4. The molecule has 1 aliphatic carbocycles. The second-order valence-electron chi connectivity index (χ2n) is 6.19. The third kappa shape index (κ3) is 3.83. The van der Waals surface area contributed by atoms with Crippen molar-refractivity contribution in [1.82, 2.24) is 5.48 Å². The molecule has 3 N–H and O–H groups in total. The molecule has 0 aromatic heterocycles. The monoisotopic (exact) mass is 340 g/mol. The maximum absolute atomic E-state index is 12.7. The number of ether oxygens (including phenoxy) is 1. The van der Waals surface area contributed by atoms with E-state index in [0.29, 0.717) is 6.54 Å². The second-order valence-corrected chi connectivity index (χ2v) is 6.19. The number of benzene rings is 2. The Labute approximate surface area is 148 Å². The number of nitrogens with two attached hydrogens (primary N) is 1. The number of hydroxylamine groups is 1. The topological polar surface area (TPSA) is 73.6 Å². The Hall–Kier alpha value is -2.37. The van der Waals surface area contributed by atoms with Gasteiger partial charge in [0.05, 0.1) is 13.0 Å². The van der Waals surface area contributed by atoms with Crippen molar-refractivity contribution in [2.75, 3.05) is 13.7 Å². The van der Waals surface area contributed by atoms with Crippen molar-refractivity contribution >= 4 is 5.91 Å². The number of rotatable bonds is 6. The Bertz CT molecular complexity index is 718. The summed E-state index contributed by atoms with van der Waals surface area (Å²) < 4.78 is 5.43. The fourth-order valence-electron chi connectivity index (χ4n) is 3.40. The van der Waals surface area contributed by atoms with Gasteiger partial charge >= 0.3 is 0 Å². The van der Waals surface area contributed by atoms with Crippen molar-refractivity contribution in [3.05, 3.63) is 65.2 Å². The van der Waals surface area contributed by atoms with Gasteiger partial charge in [-0.15, -0.1) is 0 Å². The van der Waals surface area contributed by atoms with Crippen LogP contribution in [0.2, 0.25) is 0 Å². The number of nitrogens with one attached hydrogen (secondary N) is 1. The van der Waals surface area contributed by atoms with Gasteiger partial charge in [0.1, 0.15) is 11.9 Å². The zero-order chi connectivity index (χ0) is 17.6. The molecule has 0 unspecified atom stereocenters. The maximum atomic E-state index is 12.7. The molecule has 1 aliphatic rings. The van der Waals surface area contributed by atoms with Crippen molar-refractivity contribution < 1.29 is 14.4 Å². The molecular formula is C20H24N2O3. The largest absolute Gasteiger partial charge is 0.496 e. The Morgan fingerprint density at radius 3 is 2.76 bits per heavy atom. The highest BCUT2D eigenvalue weighted by Crippen LogP contribution is 2.36. The van der Waals surface area contributed by atoms with Gasteiger partial charge in [-0.05, 0) is 42.0 Å². The van der Waals surface area contributed by atoms with Crippen molar-refractivity contribution in [3.8, 4) is 5.75 Å². The van der Waals surface area contributed by atoms with Gasteiger partial charge in [0.25, 0.3) is 5.91 Å². The Kier molecular flexibility index (Phi) is 5.68. The Morgan fingerprint density at radius 2 is 2.04 bits per heavy atom. The first-order valence-electron chi connectivity index (χ1n) is 8.61. The Morgan fingerprint density at radius 1 is 1.24 bits per heavy atom. The summed E-state index contributed by atoms with van der Waals surface area (Å²) in [6.45, 7) is 0.291. The first kappa shape index (κ1) is 17.5. The number of carbonyl (C=O) groups is 1. The lowest BCUT2D eigenvalue weighted by Gasteiger charge is -2.26. The SMILES string of the molecule is COc1cccc2c1CCC[C@H]2C(=O)NO[C@@H](CN)c1ccccc1. The molecule has 0 saturated heterocycles. The minimum absolute atomic E-state index is 0.136. The smallest absolute Gasteiger partial charge is 0.251 e. The lowest BCUT2D eigenvalue weighted by atomic mass is 9.82. The van der Waals surface area contributed by atoms with Crippen molar-refractivity contribution in [2.24, 2.45) is 5.73 Å². The van der Waals surface area contributed by atoms with Crippen LogP contribution < -0.4 is 16.0 Å². The van der Waals surface area contributed by atoms with Gasteiger partial charge in [-0.2, -0.15) is 0 Å². The van der Waals surface area contributed by atoms with E-state index in [1.807, 2.05) is 48.5 Å². The van der Waals surface area contributed by atoms with E-state index >= 15 is 0 Å². The van der Waals surface area contributed by atoms with E-state index in [-0.39, 0.29) is 17.9 Å². The molecule has 2 aromatic rings. The third-order valence-corrected chi connectivity index (χ3v) is 4.69. The van der Waals surface area contributed by atoms with Crippen LogP contribution in [0.1, 0.15) is 41.6 Å². The molecule has 0 spiro atoms. The molecule has 5 nitrogen and oxygen atoms in total. The van der Waals surface area contributed by atoms with Crippen LogP contribution in [0.3, 0.4) is 0 Å². The van der Waals surface area contributed by atoms with Gasteiger partial charge in [-0.3, -0.25) is 9.63 Å². The molecule has 25 heavy (non-hydrogen) atoms. The highest BCUT2D eigenvalue weighted by atomic mass is 16.7. The Balaban J connectivity index is 1.70. The van der Waals surface area contributed by atoms with Gasteiger partial charge in [-0.1, -0.05) is 42.5 Å². The summed E-state index contributed by atoms with van der Waals surface area (Å²) in [7, 11) is 1.66. The average Bonchev–Trinajstić information content (AvgIpc) is 2.68. The van der Waals surface area contributed by atoms with E-state index < -0.39 is 0 Å². The first-order valence-corrected chi connectivity index (χ1v) is 8.61. The average molecular weight is 340 g/mol. The third-order valence-electron chi connectivity index (χ3n) is 4.69. The van der Waals surface area contributed by atoms with Crippen LogP contribution in [0.5, 0.6) is 5.75 Å². The standard InChI is InChI=1S/C20H24N2O3/c1-24-18-12-6-9-15-16(18)10-5-11-17(15)20(23)22-25-19(13-21)14-7-3-2-4-8-14/h2-4,6-9,12,17,19H,5,10-11,13,21H2,1H3,(H,22,23)/t17-,19+/m1/s1. The maximum Gasteiger partial charge on any atom is 0.251 e. The van der Waals surface area contributed by atoms with Gasteiger partial charge in [0.15, 0.2) is 0 Å². The van der Waals surface area contributed by atoms with Crippen LogP contribution in [0, 0.1) is 0 Å². The minimum Gasteiger partial charge on any atom is -0.496 e. The molecule has 2 atom stereocenters. The minimum atomic E-state index is -0.362. The quantitative estimate of drug-likeness (QED) is 0.793. The number of carbonyl (C=O) groups excluding carboxylic acids is 1. The van der Waals surface area contributed by atoms with E-state index in [1.165, 1.54) is 0 Å². The van der Waals surface area contributed by atoms with Crippen molar-refractivity contribution in [2.45, 2.75) is 31.3 Å². The van der Waals surface area contributed by atoms with Crippen LogP contribution in [0.15, 0.2) is 48.5 Å². The van der Waals surface area contributed by atoms with Gasteiger partial charge in [0.2, 0.25) is 0 Å². The summed E-state index contributed by atoms with van der Waals surface area (Å²) in [5, 5.41) is 0. The molecule has 0 bridgehead atoms. The molecule has 2 aromatic carbocycles. The number of methoxy groups -OCH3 is 1. The summed E-state index contributed by atoms with van der Waals surface area (Å²) in [4.78, 5) is 18.3. The van der Waals surface area contributed by atoms with Crippen LogP contribution in [-0.2, 0) is 16.1 Å². The van der Waals surface area contributed by atoms with Crippen LogP contribution in [0.25, 0.3) is 0 Å². The molecule has 0 fully saturated rings. The molecule has 0 saturated carbocycles. The van der Waals surface area contributed by atoms with Crippen LogP contribution in [-0.4, -0.2) is 19.6 Å². The summed E-state index contributed by atoms with van der Waals surface area (Å²) in [5.41, 5.74) is 11.5. The molecule has 5 heteroatoms. The summed E-state index contributed by atoms with van der Waals surface area (Å²) in [5.74, 6) is 0.483. The van der Waals surface area contributed by atoms with Crippen molar-refractivity contribution in [3.63, 3.8) is 0 Å². The van der Waals surface area contributed by atoms with E-state index in [9.17, 15) is 4.79 Å². The number of hydrogen-bond donors (Lipinski definition) is 2. The van der Waals surface area contributed by atoms with E-state index in [1.54, 1.807) is 7.11 Å². The highest BCUT2D eigenvalue weighted by molar-refractivity contribution is 5.83. The lowest BCUT2D eigenvalue weighted by molar-refractivity contribution is -0.140. The van der Waals surface area contributed by atoms with Gasteiger partial charge in [-0.25, -0.2) is 5.48 Å². The van der Waals surface area contributed by atoms with E-state index in [0.717, 1.165) is 41.7 Å². The first-order chi connectivity index (χ1) is 12.2. The van der Waals surface area contributed by atoms with Crippen LogP contribution in [0.4, 0.5) is 0 Å². The molecule has 0 radical (unpaired) electrons. The van der Waals surface area contributed by atoms with Gasteiger partial charge in [0, 0.05) is 6.54 Å². The molecule has 0 aliphatic heterocycles. The number of amides is 1. The zero-order valence-electron chi connectivity index (χ0n) is 14.4.